The van der Waals surface area contributed by atoms with Gasteiger partial charge < -0.3 is 34.3 Å². The van der Waals surface area contributed by atoms with Crippen LogP contribution >= 0.6 is 0 Å². The van der Waals surface area contributed by atoms with E-state index in [2.05, 4.69) is 47.0 Å². The highest BCUT2D eigenvalue weighted by Crippen LogP contribution is 2.64. The summed E-state index contributed by atoms with van der Waals surface area (Å²) in [5, 5.41) is 48.1. The van der Waals surface area contributed by atoms with Gasteiger partial charge in [0.1, 0.15) is 17.8 Å². The van der Waals surface area contributed by atoms with Crippen LogP contribution in [0, 0.1) is 23.7 Å². The standard InChI is InChI=1S/C27H44O8Si/c1-13(2)27-20(29)16(5)25(31)17(22(27)33-23(30)34-27)11-14(3)19(28)26(32)18(25)12-15(4)21(26)35-36(9,10)24(6,7)8/h15-22,28-29,31-32H,1,3,11-12H2,2,4-10H3/t15-,16+,17-,18-,19+,20+,21-,22+,25+,26-,27-/m0/s1. The molecular formula is C27H44O8Si. The fourth-order valence-corrected chi connectivity index (χ4v) is 8.73. The lowest BCUT2D eigenvalue weighted by atomic mass is 9.53. The first-order chi connectivity index (χ1) is 16.3. The molecule has 0 bridgehead atoms. The molecule has 1 heterocycles. The van der Waals surface area contributed by atoms with Gasteiger partial charge in [-0.15, -0.1) is 0 Å². The van der Waals surface area contributed by atoms with Gasteiger partial charge in [0.2, 0.25) is 0 Å². The van der Waals surface area contributed by atoms with Crippen molar-refractivity contribution in [3.8, 4) is 0 Å². The Morgan fingerprint density at radius 1 is 1.17 bits per heavy atom. The monoisotopic (exact) mass is 524 g/mol. The molecule has 4 rings (SSSR count). The van der Waals surface area contributed by atoms with E-state index >= 15 is 0 Å². The lowest BCUT2D eigenvalue weighted by molar-refractivity contribution is -0.262. The molecule has 3 aliphatic carbocycles. The number of fused-ring (bicyclic) bond motifs is 5. The van der Waals surface area contributed by atoms with E-state index in [4.69, 9.17) is 13.9 Å². The van der Waals surface area contributed by atoms with Crippen LogP contribution in [0.15, 0.2) is 24.3 Å². The fraction of sp³-hybridized carbons (Fsp3) is 0.815. The van der Waals surface area contributed by atoms with Gasteiger partial charge in [-0.2, -0.15) is 0 Å². The number of ether oxygens (including phenoxy) is 2. The average molecular weight is 525 g/mol. The Morgan fingerprint density at radius 2 is 1.75 bits per heavy atom. The van der Waals surface area contributed by atoms with Crippen molar-refractivity contribution in [1.29, 1.82) is 0 Å². The van der Waals surface area contributed by atoms with Crippen molar-refractivity contribution in [2.45, 2.75) is 114 Å². The van der Waals surface area contributed by atoms with Crippen LogP contribution in [-0.4, -0.2) is 76.1 Å². The van der Waals surface area contributed by atoms with Crippen molar-refractivity contribution in [3.05, 3.63) is 24.3 Å². The van der Waals surface area contributed by atoms with E-state index < -0.39 is 73.4 Å². The van der Waals surface area contributed by atoms with E-state index in [9.17, 15) is 25.2 Å². The van der Waals surface area contributed by atoms with Crippen LogP contribution in [0.2, 0.25) is 18.1 Å². The molecule has 0 aromatic rings. The molecule has 4 fully saturated rings. The van der Waals surface area contributed by atoms with E-state index in [-0.39, 0.29) is 17.4 Å². The summed E-state index contributed by atoms with van der Waals surface area (Å²) in [6.45, 7) is 23.9. The smallest absolute Gasteiger partial charge is 0.426 e. The molecule has 0 aromatic heterocycles. The second-order valence-corrected chi connectivity index (χ2v) is 18.2. The minimum atomic E-state index is -2.39. The molecule has 9 heteroatoms. The van der Waals surface area contributed by atoms with Crippen molar-refractivity contribution in [3.63, 3.8) is 0 Å². The maximum absolute atomic E-state index is 12.6. The first-order valence-electron chi connectivity index (χ1n) is 13.0. The van der Waals surface area contributed by atoms with E-state index in [1.165, 1.54) is 0 Å². The molecule has 0 radical (unpaired) electrons. The predicted molar refractivity (Wildman–Crippen MR) is 137 cm³/mol. The maximum atomic E-state index is 12.6. The molecule has 4 N–H and O–H groups in total. The van der Waals surface area contributed by atoms with E-state index in [0.29, 0.717) is 17.6 Å². The fourth-order valence-electron chi connectivity index (χ4n) is 7.32. The van der Waals surface area contributed by atoms with Gasteiger partial charge in [-0.3, -0.25) is 0 Å². The Labute approximate surface area is 215 Å². The summed E-state index contributed by atoms with van der Waals surface area (Å²) >= 11 is 0. The Balaban J connectivity index is 1.88. The largest absolute Gasteiger partial charge is 0.509 e. The van der Waals surface area contributed by atoms with Gasteiger partial charge >= 0.3 is 6.16 Å². The normalized spacial score (nSPS) is 48.9. The highest BCUT2D eigenvalue weighted by Gasteiger charge is 2.77. The predicted octanol–water partition coefficient (Wildman–Crippen LogP) is 3.29. The van der Waals surface area contributed by atoms with Crippen LogP contribution in [0.4, 0.5) is 4.79 Å². The first kappa shape index (κ1) is 27.8. The Hall–Kier alpha value is -1.23. The zero-order chi connectivity index (χ0) is 27.4. The number of rotatable bonds is 3. The van der Waals surface area contributed by atoms with Crippen LogP contribution in [0.1, 0.15) is 54.4 Å². The zero-order valence-electron chi connectivity index (χ0n) is 22.9. The van der Waals surface area contributed by atoms with Crippen LogP contribution in [0.25, 0.3) is 0 Å². The molecule has 3 saturated carbocycles. The van der Waals surface area contributed by atoms with E-state index in [0.717, 1.165) is 0 Å². The minimum absolute atomic E-state index is 0.0745. The van der Waals surface area contributed by atoms with Crippen LogP contribution in [-0.2, 0) is 13.9 Å². The Bertz CT molecular complexity index is 973. The van der Waals surface area contributed by atoms with Crippen molar-refractivity contribution in [2.24, 2.45) is 23.7 Å². The molecule has 0 aromatic carbocycles. The first-order valence-corrected chi connectivity index (χ1v) is 15.9. The summed E-state index contributed by atoms with van der Waals surface area (Å²) < 4.78 is 18.0. The van der Waals surface area contributed by atoms with E-state index in [1.807, 2.05) is 6.92 Å². The second kappa shape index (κ2) is 8.13. The number of hydrogen-bond acceptors (Lipinski definition) is 8. The Kier molecular flexibility index (Phi) is 6.28. The molecule has 0 spiro atoms. The summed E-state index contributed by atoms with van der Waals surface area (Å²) in [4.78, 5) is 12.4. The quantitative estimate of drug-likeness (QED) is 0.252. The molecule has 1 aliphatic heterocycles. The Morgan fingerprint density at radius 3 is 2.28 bits per heavy atom. The maximum Gasteiger partial charge on any atom is 0.509 e. The van der Waals surface area contributed by atoms with Crippen molar-refractivity contribution in [2.75, 3.05) is 0 Å². The zero-order valence-corrected chi connectivity index (χ0v) is 23.9. The highest BCUT2D eigenvalue weighted by atomic mass is 28.4. The lowest BCUT2D eigenvalue weighted by Gasteiger charge is -2.58. The molecule has 36 heavy (non-hydrogen) atoms. The van der Waals surface area contributed by atoms with Gasteiger partial charge in [-0.25, -0.2) is 4.79 Å². The molecule has 0 amide bonds. The van der Waals surface area contributed by atoms with E-state index in [1.54, 1.807) is 13.8 Å². The molecule has 204 valence electrons. The third kappa shape index (κ3) is 3.32. The molecular weight excluding hydrogens is 480 g/mol. The van der Waals surface area contributed by atoms with Gasteiger partial charge in [0.05, 0.1) is 11.7 Å². The van der Waals surface area contributed by atoms with Gasteiger partial charge in [0, 0.05) is 17.8 Å². The van der Waals surface area contributed by atoms with Crippen LogP contribution < -0.4 is 0 Å². The summed E-state index contributed by atoms with van der Waals surface area (Å²) in [5.41, 5.74) is -4.38. The van der Waals surface area contributed by atoms with Crippen LogP contribution in [0.3, 0.4) is 0 Å². The molecule has 11 atom stereocenters. The third-order valence-electron chi connectivity index (χ3n) is 10.4. The SMILES string of the molecule is C=C1C[C@H]2[C@H]3OC(=O)O[C@@]3(C(=C)C)[C@H](O)[C@@H](C)[C@]2(O)[C@@H]2C[C@H](C)[C@H](O[Si](C)(C)C(C)(C)C)[C@@]2(O)[C@@H]1O. The third-order valence-corrected chi connectivity index (χ3v) is 14.9. The number of carbonyl (C=O) groups excluding carboxylic acids is 1. The number of aliphatic hydroxyl groups excluding tert-OH is 2. The summed E-state index contributed by atoms with van der Waals surface area (Å²) in [6, 6.07) is 0. The second-order valence-electron chi connectivity index (χ2n) is 13.4. The summed E-state index contributed by atoms with van der Waals surface area (Å²) in [6.07, 6.45) is -5.03. The molecule has 1 saturated heterocycles. The van der Waals surface area contributed by atoms with Gasteiger partial charge in [-0.05, 0) is 55.0 Å². The molecule has 0 unspecified atom stereocenters. The van der Waals surface area contributed by atoms with Crippen molar-refractivity contribution >= 4 is 14.5 Å². The van der Waals surface area contributed by atoms with Gasteiger partial charge in [-0.1, -0.05) is 47.8 Å². The van der Waals surface area contributed by atoms with Crippen LogP contribution in [0.5, 0.6) is 0 Å². The molecule has 8 nitrogen and oxygen atoms in total. The highest BCUT2D eigenvalue weighted by molar-refractivity contribution is 6.74. The van der Waals surface area contributed by atoms with Gasteiger partial charge in [0.15, 0.2) is 20.0 Å². The van der Waals surface area contributed by atoms with Gasteiger partial charge in [0.25, 0.3) is 0 Å². The number of aliphatic hydroxyl groups is 4. The van der Waals surface area contributed by atoms with Crippen molar-refractivity contribution < 1.29 is 39.1 Å². The molecule has 4 aliphatic rings. The summed E-state index contributed by atoms with van der Waals surface area (Å²) in [5.74, 6) is -2.71. The number of hydrogen-bond donors (Lipinski definition) is 4. The van der Waals surface area contributed by atoms with Crippen molar-refractivity contribution in [1.82, 2.24) is 0 Å². The topological polar surface area (TPSA) is 126 Å². The lowest BCUT2D eigenvalue weighted by Crippen LogP contribution is -2.73. The average Bonchev–Trinajstić information content (AvgIpc) is 3.22. The minimum Gasteiger partial charge on any atom is -0.426 e. The number of carbonyl (C=O) groups is 1. The summed E-state index contributed by atoms with van der Waals surface area (Å²) in [7, 11) is -2.39.